The minimum absolute atomic E-state index is 0.258. The summed E-state index contributed by atoms with van der Waals surface area (Å²) in [6.07, 6.45) is 6.87. The first-order valence-corrected chi connectivity index (χ1v) is 13.9. The van der Waals surface area contributed by atoms with Crippen LogP contribution in [0.3, 0.4) is 0 Å². The van der Waals surface area contributed by atoms with Gasteiger partial charge in [0.2, 0.25) is 9.84 Å². The molecule has 0 spiro atoms. The summed E-state index contributed by atoms with van der Waals surface area (Å²) in [7, 11) is -2.04. The first kappa shape index (κ1) is 24.2. The maximum Gasteiger partial charge on any atom is 0.206 e. The molecule has 0 N–H and O–H groups in total. The van der Waals surface area contributed by atoms with Crippen LogP contribution in [0.4, 0.5) is 0 Å². The molecule has 1 aliphatic heterocycles. The Morgan fingerprint density at radius 2 is 1.55 bits per heavy atom. The Balaban J connectivity index is 1.48. The van der Waals surface area contributed by atoms with Crippen LogP contribution in [-0.2, 0) is 9.84 Å². The SMILES string of the molecule is COc1cccc(S(=O)(=O)c2ccc([C@@H](C(C)C)N3CCN(C4CCCCC4)CC3)cc2)c1. The third-order valence-electron chi connectivity index (χ3n) is 7.35. The van der Waals surface area contributed by atoms with Gasteiger partial charge in [0.25, 0.3) is 0 Å². The van der Waals surface area contributed by atoms with E-state index < -0.39 is 9.84 Å². The van der Waals surface area contributed by atoms with Gasteiger partial charge in [-0.2, -0.15) is 0 Å². The fraction of sp³-hybridized carbons (Fsp3) is 0.556. The van der Waals surface area contributed by atoms with Gasteiger partial charge in [0.15, 0.2) is 0 Å². The number of hydrogen-bond acceptors (Lipinski definition) is 5. The standard InChI is InChI=1S/C27H38N2O3S/c1-21(2)27(29-18-16-28(17-19-29)23-8-5-4-6-9-23)22-12-14-25(15-13-22)33(30,31)26-11-7-10-24(20-26)32-3/h7,10-15,20-21,23,27H,4-6,8-9,16-19H2,1-3H3/t27-/m1/s1. The van der Waals surface area contributed by atoms with E-state index in [0.29, 0.717) is 22.6 Å². The lowest BCUT2D eigenvalue weighted by molar-refractivity contribution is 0.0435. The van der Waals surface area contributed by atoms with Gasteiger partial charge < -0.3 is 4.74 Å². The van der Waals surface area contributed by atoms with Gasteiger partial charge >= 0.3 is 0 Å². The Morgan fingerprint density at radius 3 is 2.15 bits per heavy atom. The van der Waals surface area contributed by atoms with Gasteiger partial charge in [-0.25, -0.2) is 8.42 Å². The van der Waals surface area contributed by atoms with Crippen molar-refractivity contribution in [3.05, 3.63) is 54.1 Å². The summed E-state index contributed by atoms with van der Waals surface area (Å²) >= 11 is 0. The van der Waals surface area contributed by atoms with Crippen LogP contribution in [0.25, 0.3) is 0 Å². The zero-order chi connectivity index (χ0) is 23.4. The summed E-state index contributed by atoms with van der Waals surface area (Å²) in [5, 5.41) is 0. The molecule has 2 aromatic carbocycles. The number of piperazine rings is 1. The molecule has 6 heteroatoms. The van der Waals surface area contributed by atoms with E-state index in [9.17, 15) is 8.42 Å². The number of hydrogen-bond donors (Lipinski definition) is 0. The fourth-order valence-corrected chi connectivity index (χ4v) is 6.89. The molecule has 5 nitrogen and oxygen atoms in total. The van der Waals surface area contributed by atoms with E-state index in [2.05, 4.69) is 23.6 Å². The van der Waals surface area contributed by atoms with Crippen LogP contribution < -0.4 is 4.74 Å². The van der Waals surface area contributed by atoms with Crippen molar-refractivity contribution in [3.63, 3.8) is 0 Å². The highest BCUT2D eigenvalue weighted by Crippen LogP contribution is 2.33. The summed E-state index contributed by atoms with van der Waals surface area (Å²) in [4.78, 5) is 5.88. The van der Waals surface area contributed by atoms with Crippen LogP contribution in [0.5, 0.6) is 5.75 Å². The van der Waals surface area contributed by atoms with Crippen LogP contribution in [-0.4, -0.2) is 57.5 Å². The first-order chi connectivity index (χ1) is 15.9. The summed E-state index contributed by atoms with van der Waals surface area (Å²) < 4.78 is 31.5. The summed E-state index contributed by atoms with van der Waals surface area (Å²) in [5.41, 5.74) is 1.20. The first-order valence-electron chi connectivity index (χ1n) is 12.4. The lowest BCUT2D eigenvalue weighted by atomic mass is 9.92. The summed E-state index contributed by atoms with van der Waals surface area (Å²) in [6, 6.07) is 15.3. The highest BCUT2D eigenvalue weighted by molar-refractivity contribution is 7.91. The molecule has 4 rings (SSSR count). The summed E-state index contributed by atoms with van der Waals surface area (Å²) in [6.45, 7) is 8.94. The molecule has 1 heterocycles. The third kappa shape index (κ3) is 5.44. The Labute approximate surface area is 199 Å². The molecule has 2 aliphatic rings. The molecule has 1 atom stereocenters. The molecule has 1 saturated carbocycles. The highest BCUT2D eigenvalue weighted by Gasteiger charge is 2.30. The Bertz CT molecular complexity index is 1010. The maximum atomic E-state index is 13.1. The van der Waals surface area contributed by atoms with Gasteiger partial charge in [-0.3, -0.25) is 9.80 Å². The predicted molar refractivity (Wildman–Crippen MR) is 132 cm³/mol. The van der Waals surface area contributed by atoms with Crippen molar-refractivity contribution < 1.29 is 13.2 Å². The van der Waals surface area contributed by atoms with E-state index in [4.69, 9.17) is 4.74 Å². The Morgan fingerprint density at radius 1 is 0.879 bits per heavy atom. The monoisotopic (exact) mass is 470 g/mol. The van der Waals surface area contributed by atoms with Gasteiger partial charge in [-0.1, -0.05) is 51.3 Å². The average molecular weight is 471 g/mol. The number of nitrogens with zero attached hydrogens (tertiary/aromatic N) is 2. The molecule has 2 aromatic rings. The average Bonchev–Trinajstić information content (AvgIpc) is 2.85. The van der Waals surface area contributed by atoms with E-state index >= 15 is 0 Å². The topological polar surface area (TPSA) is 49.9 Å². The van der Waals surface area contributed by atoms with Crippen molar-refractivity contribution in [3.8, 4) is 5.75 Å². The number of benzene rings is 2. The van der Waals surface area contributed by atoms with E-state index in [1.54, 1.807) is 43.5 Å². The molecule has 1 saturated heterocycles. The van der Waals surface area contributed by atoms with E-state index in [0.717, 1.165) is 32.2 Å². The van der Waals surface area contributed by atoms with Gasteiger partial charge in [0, 0.05) is 38.3 Å². The minimum atomic E-state index is -3.58. The molecule has 0 unspecified atom stereocenters. The molecule has 180 valence electrons. The zero-order valence-electron chi connectivity index (χ0n) is 20.2. The smallest absolute Gasteiger partial charge is 0.206 e. The number of rotatable bonds is 7. The van der Waals surface area contributed by atoms with Crippen molar-refractivity contribution >= 4 is 9.84 Å². The molecular formula is C27H38N2O3S. The van der Waals surface area contributed by atoms with Crippen molar-refractivity contribution in [2.24, 2.45) is 5.92 Å². The zero-order valence-corrected chi connectivity index (χ0v) is 21.1. The second-order valence-corrected chi connectivity index (χ2v) is 11.8. The molecule has 1 aliphatic carbocycles. The molecular weight excluding hydrogens is 432 g/mol. The number of sulfone groups is 1. The molecule has 2 fully saturated rings. The van der Waals surface area contributed by atoms with Crippen molar-refractivity contribution in [2.75, 3.05) is 33.3 Å². The van der Waals surface area contributed by atoms with Crippen LogP contribution >= 0.6 is 0 Å². The Kier molecular flexibility index (Phi) is 7.77. The van der Waals surface area contributed by atoms with Gasteiger partial charge in [0.05, 0.1) is 16.9 Å². The second-order valence-electron chi connectivity index (χ2n) is 9.80. The minimum Gasteiger partial charge on any atom is -0.497 e. The van der Waals surface area contributed by atoms with Gasteiger partial charge in [0.1, 0.15) is 5.75 Å². The van der Waals surface area contributed by atoms with E-state index in [-0.39, 0.29) is 4.90 Å². The molecule has 0 aromatic heterocycles. The van der Waals surface area contributed by atoms with E-state index in [1.165, 1.54) is 37.7 Å². The number of methoxy groups -OCH3 is 1. The molecule has 0 bridgehead atoms. The largest absolute Gasteiger partial charge is 0.497 e. The van der Waals surface area contributed by atoms with Crippen LogP contribution in [0, 0.1) is 5.92 Å². The van der Waals surface area contributed by atoms with E-state index in [1.807, 2.05) is 12.1 Å². The van der Waals surface area contributed by atoms with Crippen molar-refractivity contribution in [1.29, 1.82) is 0 Å². The maximum absolute atomic E-state index is 13.1. The van der Waals surface area contributed by atoms with Crippen LogP contribution in [0.15, 0.2) is 58.3 Å². The van der Waals surface area contributed by atoms with Gasteiger partial charge in [-0.15, -0.1) is 0 Å². The molecule has 0 amide bonds. The molecule has 0 radical (unpaired) electrons. The predicted octanol–water partition coefficient (Wildman–Crippen LogP) is 5.18. The van der Waals surface area contributed by atoms with Gasteiger partial charge in [-0.05, 0) is 54.7 Å². The quantitative estimate of drug-likeness (QED) is 0.558. The lowest BCUT2D eigenvalue weighted by Gasteiger charge is -2.44. The van der Waals surface area contributed by atoms with Crippen LogP contribution in [0.2, 0.25) is 0 Å². The summed E-state index contributed by atoms with van der Waals surface area (Å²) in [5.74, 6) is 0.993. The fourth-order valence-electron chi connectivity index (χ4n) is 5.59. The normalized spacial score (nSPS) is 20.1. The second kappa shape index (κ2) is 10.6. The molecule has 33 heavy (non-hydrogen) atoms. The van der Waals surface area contributed by atoms with Crippen LogP contribution in [0.1, 0.15) is 57.6 Å². The van der Waals surface area contributed by atoms with Crippen molar-refractivity contribution in [2.45, 2.75) is 67.8 Å². The Hall–Kier alpha value is -1.89. The third-order valence-corrected chi connectivity index (χ3v) is 9.12. The van der Waals surface area contributed by atoms with Crippen molar-refractivity contribution in [1.82, 2.24) is 9.80 Å². The lowest BCUT2D eigenvalue weighted by Crippen LogP contribution is -2.52. The number of ether oxygens (including phenoxy) is 1. The highest BCUT2D eigenvalue weighted by atomic mass is 32.2.